The van der Waals surface area contributed by atoms with Gasteiger partial charge in [-0.05, 0) is 32.0 Å². The summed E-state index contributed by atoms with van der Waals surface area (Å²) in [4.78, 5) is 14.9. The van der Waals surface area contributed by atoms with Crippen molar-refractivity contribution in [3.8, 4) is 11.5 Å². The fourth-order valence-corrected chi connectivity index (χ4v) is 1.79. The Morgan fingerprint density at radius 2 is 2.10 bits per heavy atom. The summed E-state index contributed by atoms with van der Waals surface area (Å²) in [6.07, 6.45) is 2.28. The van der Waals surface area contributed by atoms with Crippen LogP contribution in [0, 0.1) is 0 Å². The number of nitrogens with zero attached hydrogens (tertiary/aromatic N) is 3. The highest BCUT2D eigenvalue weighted by atomic mass is 16.5. The Bertz CT molecular complexity index is 581. The quantitative estimate of drug-likeness (QED) is 0.724. The van der Waals surface area contributed by atoms with Gasteiger partial charge in [-0.2, -0.15) is 5.10 Å². The van der Waals surface area contributed by atoms with Crippen molar-refractivity contribution >= 4 is 6.29 Å². The number of aromatic nitrogens is 3. The highest BCUT2D eigenvalue weighted by Gasteiger charge is 2.09. The largest absolute Gasteiger partial charge is 0.490 e. The topological polar surface area (TPSA) is 66.2 Å². The second-order valence-corrected chi connectivity index (χ2v) is 4.04. The van der Waals surface area contributed by atoms with Gasteiger partial charge >= 0.3 is 0 Å². The van der Waals surface area contributed by atoms with E-state index in [1.54, 1.807) is 22.9 Å². The molecule has 0 spiro atoms. The van der Waals surface area contributed by atoms with Crippen molar-refractivity contribution < 1.29 is 14.3 Å². The maximum Gasteiger partial charge on any atom is 0.164 e. The second kappa shape index (κ2) is 6.70. The van der Waals surface area contributed by atoms with Crippen LogP contribution in [-0.4, -0.2) is 27.7 Å². The van der Waals surface area contributed by atoms with Crippen LogP contribution in [0.1, 0.15) is 30.0 Å². The normalized spacial score (nSPS) is 10.3. The Kier molecular flexibility index (Phi) is 4.70. The van der Waals surface area contributed by atoms with E-state index in [1.807, 2.05) is 13.8 Å². The number of aldehydes is 1. The Labute approximate surface area is 117 Å². The van der Waals surface area contributed by atoms with Crippen LogP contribution >= 0.6 is 0 Å². The van der Waals surface area contributed by atoms with Crippen molar-refractivity contribution in [3.63, 3.8) is 0 Å². The summed E-state index contributed by atoms with van der Waals surface area (Å²) in [7, 11) is 0. The molecule has 1 heterocycles. The molecule has 2 aromatic rings. The van der Waals surface area contributed by atoms with E-state index in [-0.39, 0.29) is 0 Å². The minimum atomic E-state index is 0.300. The zero-order valence-electron chi connectivity index (χ0n) is 11.6. The highest BCUT2D eigenvalue weighted by Crippen LogP contribution is 2.28. The number of hydrogen-bond acceptors (Lipinski definition) is 5. The molecule has 0 atom stereocenters. The number of carbonyl (C=O) groups is 1. The van der Waals surface area contributed by atoms with Crippen LogP contribution in [0.2, 0.25) is 0 Å². The van der Waals surface area contributed by atoms with Crippen molar-refractivity contribution in [2.24, 2.45) is 0 Å². The van der Waals surface area contributed by atoms with Gasteiger partial charge in [-0.15, -0.1) is 0 Å². The van der Waals surface area contributed by atoms with E-state index in [1.165, 1.54) is 6.33 Å². The Morgan fingerprint density at radius 3 is 2.80 bits per heavy atom. The van der Waals surface area contributed by atoms with Crippen LogP contribution in [0.3, 0.4) is 0 Å². The molecule has 6 heteroatoms. The molecule has 1 aromatic carbocycles. The lowest BCUT2D eigenvalue weighted by Gasteiger charge is -2.12. The molecule has 106 valence electrons. The summed E-state index contributed by atoms with van der Waals surface area (Å²) in [5.41, 5.74) is 0.553. The Morgan fingerprint density at radius 1 is 1.25 bits per heavy atom. The lowest BCUT2D eigenvalue weighted by molar-refractivity contribution is 0.112. The average Bonchev–Trinajstić information content (AvgIpc) is 2.93. The molecule has 0 saturated carbocycles. The molecule has 0 saturated heterocycles. The van der Waals surface area contributed by atoms with E-state index in [4.69, 9.17) is 9.47 Å². The van der Waals surface area contributed by atoms with Crippen LogP contribution in [-0.2, 0) is 13.2 Å². The number of ether oxygens (including phenoxy) is 2. The van der Waals surface area contributed by atoms with Crippen molar-refractivity contribution in [2.45, 2.75) is 27.0 Å². The third-order valence-corrected chi connectivity index (χ3v) is 2.76. The van der Waals surface area contributed by atoms with Crippen LogP contribution in [0.25, 0.3) is 0 Å². The molecule has 0 fully saturated rings. The summed E-state index contributed by atoms with van der Waals surface area (Å²) >= 11 is 0. The third kappa shape index (κ3) is 3.14. The average molecular weight is 275 g/mol. The SMILES string of the molecule is CCOc1cc(C=O)ccc1OCc1ncnn1CC. The van der Waals surface area contributed by atoms with Gasteiger partial charge in [0.1, 0.15) is 19.2 Å². The molecule has 0 aliphatic rings. The molecular weight excluding hydrogens is 258 g/mol. The van der Waals surface area contributed by atoms with Gasteiger partial charge in [-0.3, -0.25) is 4.79 Å². The molecule has 6 nitrogen and oxygen atoms in total. The van der Waals surface area contributed by atoms with Gasteiger partial charge in [-0.1, -0.05) is 0 Å². The van der Waals surface area contributed by atoms with Crippen LogP contribution < -0.4 is 9.47 Å². The second-order valence-electron chi connectivity index (χ2n) is 4.04. The first kappa shape index (κ1) is 14.0. The van der Waals surface area contributed by atoms with Crippen molar-refractivity contribution in [3.05, 3.63) is 35.9 Å². The first-order valence-electron chi connectivity index (χ1n) is 6.50. The molecule has 0 amide bonds. The monoisotopic (exact) mass is 275 g/mol. The summed E-state index contributed by atoms with van der Waals surface area (Å²) < 4.78 is 13.0. The van der Waals surface area contributed by atoms with Crippen LogP contribution in [0.4, 0.5) is 0 Å². The molecule has 0 aliphatic carbocycles. The minimum Gasteiger partial charge on any atom is -0.490 e. The van der Waals surface area contributed by atoms with E-state index in [9.17, 15) is 4.79 Å². The lowest BCUT2D eigenvalue weighted by atomic mass is 10.2. The third-order valence-electron chi connectivity index (χ3n) is 2.76. The Hall–Kier alpha value is -2.37. The molecule has 0 aliphatic heterocycles. The van der Waals surface area contributed by atoms with Crippen LogP contribution in [0.5, 0.6) is 11.5 Å². The molecule has 0 bridgehead atoms. The van der Waals surface area contributed by atoms with E-state index >= 15 is 0 Å². The summed E-state index contributed by atoms with van der Waals surface area (Å²) in [6, 6.07) is 5.08. The summed E-state index contributed by atoms with van der Waals surface area (Å²) in [5, 5.41) is 4.08. The standard InChI is InChI=1S/C14H17N3O3/c1-3-17-14(15-10-16-17)9-20-12-6-5-11(8-18)7-13(12)19-4-2/h5-8,10H,3-4,9H2,1-2H3. The number of rotatable bonds is 7. The molecule has 2 rings (SSSR count). The van der Waals surface area contributed by atoms with Crippen molar-refractivity contribution in [1.29, 1.82) is 0 Å². The van der Waals surface area contributed by atoms with E-state index < -0.39 is 0 Å². The van der Waals surface area contributed by atoms with Gasteiger partial charge in [0.05, 0.1) is 6.61 Å². The van der Waals surface area contributed by atoms with Crippen molar-refractivity contribution in [1.82, 2.24) is 14.8 Å². The molecular formula is C14H17N3O3. The predicted molar refractivity (Wildman–Crippen MR) is 73.0 cm³/mol. The van der Waals surface area contributed by atoms with Gasteiger partial charge in [0.25, 0.3) is 0 Å². The van der Waals surface area contributed by atoms with E-state index in [0.29, 0.717) is 30.3 Å². The lowest BCUT2D eigenvalue weighted by Crippen LogP contribution is -2.08. The number of aryl methyl sites for hydroxylation is 1. The summed E-state index contributed by atoms with van der Waals surface area (Å²) in [6.45, 7) is 5.41. The number of hydrogen-bond donors (Lipinski definition) is 0. The van der Waals surface area contributed by atoms with E-state index in [0.717, 1.165) is 18.7 Å². The number of benzene rings is 1. The van der Waals surface area contributed by atoms with Gasteiger partial charge in [-0.25, -0.2) is 9.67 Å². The van der Waals surface area contributed by atoms with Gasteiger partial charge in [0.2, 0.25) is 0 Å². The summed E-state index contributed by atoms with van der Waals surface area (Å²) in [5.74, 6) is 1.89. The zero-order valence-corrected chi connectivity index (χ0v) is 11.6. The number of carbonyl (C=O) groups excluding carboxylic acids is 1. The van der Waals surface area contributed by atoms with Gasteiger partial charge in [0, 0.05) is 12.1 Å². The zero-order chi connectivity index (χ0) is 14.4. The van der Waals surface area contributed by atoms with Crippen molar-refractivity contribution in [2.75, 3.05) is 6.61 Å². The van der Waals surface area contributed by atoms with E-state index in [2.05, 4.69) is 10.1 Å². The molecule has 0 unspecified atom stereocenters. The minimum absolute atomic E-state index is 0.300. The predicted octanol–water partition coefficient (Wildman–Crippen LogP) is 2.09. The maximum atomic E-state index is 10.8. The fraction of sp³-hybridized carbons (Fsp3) is 0.357. The molecule has 1 aromatic heterocycles. The van der Waals surface area contributed by atoms with Crippen LogP contribution in [0.15, 0.2) is 24.5 Å². The van der Waals surface area contributed by atoms with Gasteiger partial charge < -0.3 is 9.47 Å². The van der Waals surface area contributed by atoms with Gasteiger partial charge in [0.15, 0.2) is 17.3 Å². The first-order chi connectivity index (χ1) is 9.78. The maximum absolute atomic E-state index is 10.8. The first-order valence-corrected chi connectivity index (χ1v) is 6.50. The molecule has 20 heavy (non-hydrogen) atoms. The smallest absolute Gasteiger partial charge is 0.164 e. The molecule has 0 radical (unpaired) electrons. The molecule has 0 N–H and O–H groups in total. The Balaban J connectivity index is 2.14. The fourth-order valence-electron chi connectivity index (χ4n) is 1.79. The highest BCUT2D eigenvalue weighted by molar-refractivity contribution is 5.76.